The maximum Gasteiger partial charge on any atom is 0.216 e. The van der Waals surface area contributed by atoms with E-state index in [4.69, 9.17) is 0 Å². The van der Waals surface area contributed by atoms with Crippen molar-refractivity contribution in [3.05, 3.63) is 70.9 Å². The molecule has 1 unspecified atom stereocenters. The first-order valence-electron chi connectivity index (χ1n) is 7.63. The van der Waals surface area contributed by atoms with Crippen molar-refractivity contribution in [3.8, 4) is 0 Å². The Kier molecular flexibility index (Phi) is 4.99. The van der Waals surface area contributed by atoms with Crippen LogP contribution >= 0.6 is 11.3 Å². The molecule has 24 heavy (non-hydrogen) atoms. The Morgan fingerprint density at radius 1 is 1.08 bits per heavy atom. The van der Waals surface area contributed by atoms with Crippen LogP contribution in [-0.4, -0.2) is 14.5 Å². The van der Waals surface area contributed by atoms with Gasteiger partial charge >= 0.3 is 0 Å². The molecular weight excluding hydrogens is 345 g/mol. The second kappa shape index (κ2) is 7.01. The van der Waals surface area contributed by atoms with E-state index in [-0.39, 0.29) is 17.4 Å². The molecule has 0 bridgehead atoms. The van der Waals surface area contributed by atoms with Crippen molar-refractivity contribution in [1.82, 2.24) is 4.72 Å². The van der Waals surface area contributed by atoms with Crippen LogP contribution in [0.25, 0.3) is 10.1 Å². The quantitative estimate of drug-likeness (QED) is 0.717. The van der Waals surface area contributed by atoms with Gasteiger partial charge in [-0.1, -0.05) is 36.4 Å². The van der Waals surface area contributed by atoms with Crippen LogP contribution in [0, 0.1) is 5.82 Å². The SMILES string of the molecule is CC(Cc1csc2ccccc12)NS(=O)(=O)Cc1ccccc1F. The number of halogens is 1. The first-order valence-corrected chi connectivity index (χ1v) is 10.2. The third kappa shape index (κ3) is 4.01. The largest absolute Gasteiger partial charge is 0.216 e. The van der Waals surface area contributed by atoms with Gasteiger partial charge in [0.2, 0.25) is 10.0 Å². The summed E-state index contributed by atoms with van der Waals surface area (Å²) in [7, 11) is -3.60. The summed E-state index contributed by atoms with van der Waals surface area (Å²) in [5, 5.41) is 3.22. The monoisotopic (exact) mass is 363 g/mol. The van der Waals surface area contributed by atoms with Crippen molar-refractivity contribution in [2.75, 3.05) is 0 Å². The number of rotatable bonds is 6. The van der Waals surface area contributed by atoms with Crippen molar-refractivity contribution >= 4 is 31.4 Å². The molecule has 0 aliphatic carbocycles. The number of thiophene rings is 1. The summed E-state index contributed by atoms with van der Waals surface area (Å²) in [6, 6.07) is 13.7. The summed E-state index contributed by atoms with van der Waals surface area (Å²) < 4.78 is 42.0. The van der Waals surface area contributed by atoms with E-state index >= 15 is 0 Å². The molecule has 3 rings (SSSR count). The molecule has 1 N–H and O–H groups in total. The van der Waals surface area contributed by atoms with Crippen molar-refractivity contribution in [2.45, 2.75) is 25.1 Å². The molecule has 0 spiro atoms. The fraction of sp³-hybridized carbons (Fsp3) is 0.222. The molecule has 3 nitrogen and oxygen atoms in total. The van der Waals surface area contributed by atoms with E-state index in [1.165, 1.54) is 16.8 Å². The number of benzene rings is 2. The maximum absolute atomic E-state index is 13.6. The number of hydrogen-bond acceptors (Lipinski definition) is 3. The molecule has 126 valence electrons. The first-order chi connectivity index (χ1) is 11.4. The molecule has 1 heterocycles. The standard InChI is InChI=1S/C18H18FNO2S2/c1-13(10-15-11-23-18-9-5-3-7-16(15)18)20-24(21,22)12-14-6-2-4-8-17(14)19/h2-9,11,13,20H,10,12H2,1H3. The zero-order valence-electron chi connectivity index (χ0n) is 13.2. The van der Waals surface area contributed by atoms with Crippen molar-refractivity contribution in [1.29, 1.82) is 0 Å². The van der Waals surface area contributed by atoms with Crippen molar-refractivity contribution < 1.29 is 12.8 Å². The minimum absolute atomic E-state index is 0.179. The van der Waals surface area contributed by atoms with Gasteiger partial charge in [-0.15, -0.1) is 11.3 Å². The smallest absolute Gasteiger partial charge is 0.212 e. The van der Waals surface area contributed by atoms with Gasteiger partial charge in [0.15, 0.2) is 0 Å². The highest BCUT2D eigenvalue weighted by Gasteiger charge is 2.18. The summed E-state index contributed by atoms with van der Waals surface area (Å²) >= 11 is 1.65. The number of fused-ring (bicyclic) bond motifs is 1. The molecular formula is C18H18FNO2S2. The van der Waals surface area contributed by atoms with E-state index < -0.39 is 15.8 Å². The van der Waals surface area contributed by atoms with E-state index in [2.05, 4.69) is 16.2 Å². The van der Waals surface area contributed by atoms with Crippen LogP contribution in [0.1, 0.15) is 18.1 Å². The summed E-state index contributed by atoms with van der Waals surface area (Å²) in [6.07, 6.45) is 0.598. The molecule has 0 radical (unpaired) electrons. The van der Waals surface area contributed by atoms with Crippen LogP contribution in [-0.2, 0) is 22.2 Å². The highest BCUT2D eigenvalue weighted by Crippen LogP contribution is 2.26. The summed E-state index contributed by atoms with van der Waals surface area (Å²) in [4.78, 5) is 0. The van der Waals surface area contributed by atoms with Gasteiger partial charge in [-0.05, 0) is 41.8 Å². The molecule has 0 saturated carbocycles. The van der Waals surface area contributed by atoms with Crippen LogP contribution in [0.3, 0.4) is 0 Å². The highest BCUT2D eigenvalue weighted by molar-refractivity contribution is 7.88. The Bertz CT molecular complexity index is 950. The van der Waals surface area contributed by atoms with Crippen LogP contribution < -0.4 is 4.72 Å². The van der Waals surface area contributed by atoms with Crippen LogP contribution in [0.2, 0.25) is 0 Å². The molecule has 6 heteroatoms. The Labute approximate surface area is 145 Å². The van der Waals surface area contributed by atoms with E-state index in [0.717, 1.165) is 10.9 Å². The van der Waals surface area contributed by atoms with Gasteiger partial charge in [0.1, 0.15) is 5.82 Å². The average molecular weight is 363 g/mol. The fourth-order valence-electron chi connectivity index (χ4n) is 2.73. The summed E-state index contributed by atoms with van der Waals surface area (Å²) in [6.45, 7) is 1.82. The minimum Gasteiger partial charge on any atom is -0.212 e. The lowest BCUT2D eigenvalue weighted by Gasteiger charge is -2.14. The second-order valence-corrected chi connectivity index (χ2v) is 8.50. The third-order valence-corrected chi connectivity index (χ3v) is 6.24. The minimum atomic E-state index is -3.60. The van der Waals surface area contributed by atoms with Gasteiger partial charge in [-0.25, -0.2) is 17.5 Å². The predicted octanol–water partition coefficient (Wildman–Crippen LogP) is 4.09. The van der Waals surface area contributed by atoms with Gasteiger partial charge in [-0.3, -0.25) is 0 Å². The topological polar surface area (TPSA) is 46.2 Å². The summed E-state index contributed by atoms with van der Waals surface area (Å²) in [5.41, 5.74) is 1.30. The van der Waals surface area contributed by atoms with Gasteiger partial charge in [0, 0.05) is 16.3 Å². The fourth-order valence-corrected chi connectivity index (χ4v) is 5.13. The Morgan fingerprint density at radius 3 is 2.58 bits per heavy atom. The van der Waals surface area contributed by atoms with Crippen LogP contribution in [0.15, 0.2) is 53.9 Å². The molecule has 0 aliphatic rings. The van der Waals surface area contributed by atoms with Gasteiger partial charge in [-0.2, -0.15) is 0 Å². The lowest BCUT2D eigenvalue weighted by Crippen LogP contribution is -2.35. The Morgan fingerprint density at radius 2 is 1.79 bits per heavy atom. The van der Waals surface area contributed by atoms with Crippen LogP contribution in [0.5, 0.6) is 0 Å². The van der Waals surface area contributed by atoms with E-state index in [9.17, 15) is 12.8 Å². The van der Waals surface area contributed by atoms with Crippen molar-refractivity contribution in [2.24, 2.45) is 0 Å². The molecule has 0 fully saturated rings. The molecule has 0 aliphatic heterocycles. The van der Waals surface area contributed by atoms with Crippen LogP contribution in [0.4, 0.5) is 4.39 Å². The molecule has 1 aromatic heterocycles. The molecule has 0 amide bonds. The van der Waals surface area contributed by atoms with Crippen molar-refractivity contribution in [3.63, 3.8) is 0 Å². The number of nitrogens with one attached hydrogen (secondary N) is 1. The lowest BCUT2D eigenvalue weighted by atomic mass is 10.1. The Balaban J connectivity index is 1.69. The molecule has 1 atom stereocenters. The van der Waals surface area contributed by atoms with Gasteiger partial charge in [0.25, 0.3) is 0 Å². The zero-order valence-corrected chi connectivity index (χ0v) is 14.8. The van der Waals surface area contributed by atoms with E-state index in [0.29, 0.717) is 6.42 Å². The third-order valence-electron chi connectivity index (χ3n) is 3.77. The number of hydrogen-bond donors (Lipinski definition) is 1. The predicted molar refractivity (Wildman–Crippen MR) is 97.2 cm³/mol. The van der Waals surface area contributed by atoms with Gasteiger partial charge in [0.05, 0.1) is 5.75 Å². The first kappa shape index (κ1) is 17.1. The zero-order chi connectivity index (χ0) is 17.2. The van der Waals surface area contributed by atoms with E-state index in [1.807, 2.05) is 25.1 Å². The number of sulfonamides is 1. The molecule has 2 aromatic carbocycles. The average Bonchev–Trinajstić information content (AvgIpc) is 2.92. The summed E-state index contributed by atoms with van der Waals surface area (Å²) in [5.74, 6) is -0.853. The van der Waals surface area contributed by atoms with E-state index in [1.54, 1.807) is 23.5 Å². The maximum atomic E-state index is 13.6. The van der Waals surface area contributed by atoms with Gasteiger partial charge < -0.3 is 0 Å². The normalized spacial score (nSPS) is 13.2. The lowest BCUT2D eigenvalue weighted by molar-refractivity contribution is 0.555. The highest BCUT2D eigenvalue weighted by atomic mass is 32.2. The Hall–Kier alpha value is -1.76. The second-order valence-electron chi connectivity index (χ2n) is 5.83. The molecule has 3 aromatic rings. The molecule has 0 saturated heterocycles.